The van der Waals surface area contributed by atoms with E-state index < -0.39 is 37.1 Å². The third-order valence-corrected chi connectivity index (χ3v) is 6.04. The number of carbonyl (C=O) groups is 1. The largest absolute Gasteiger partial charge is 0.394 e. The second-order valence-electron chi connectivity index (χ2n) is 8.06. The van der Waals surface area contributed by atoms with Crippen LogP contribution in [0.2, 0.25) is 0 Å². The molecule has 0 radical (unpaired) electrons. The first kappa shape index (κ1) is 22.5. The van der Waals surface area contributed by atoms with Gasteiger partial charge in [-0.1, -0.05) is 52.0 Å². The summed E-state index contributed by atoms with van der Waals surface area (Å²) in [5.74, 6) is 0.500. The maximum atomic E-state index is 12.8. The molecule has 1 aliphatic heterocycles. The summed E-state index contributed by atoms with van der Waals surface area (Å²) in [6.07, 6.45) is 3.70. The Balaban J connectivity index is 2.21. The zero-order valence-electron chi connectivity index (χ0n) is 16.6. The molecule has 2 aliphatic rings. The van der Waals surface area contributed by atoms with Gasteiger partial charge < -0.3 is 25.2 Å². The fourth-order valence-electron chi connectivity index (χ4n) is 4.31. The van der Waals surface area contributed by atoms with E-state index in [1.807, 2.05) is 6.08 Å². The normalized spacial score (nSPS) is 37.3. The van der Waals surface area contributed by atoms with Crippen molar-refractivity contribution >= 4 is 5.78 Å². The van der Waals surface area contributed by atoms with Crippen molar-refractivity contribution in [3.63, 3.8) is 0 Å². The maximum absolute atomic E-state index is 12.8. The minimum Gasteiger partial charge on any atom is -0.394 e. The minimum absolute atomic E-state index is 0.0615. The van der Waals surface area contributed by atoms with Crippen LogP contribution < -0.4 is 0 Å². The van der Waals surface area contributed by atoms with E-state index in [0.717, 1.165) is 44.9 Å². The summed E-state index contributed by atoms with van der Waals surface area (Å²) in [4.78, 5) is 12.8. The summed E-state index contributed by atoms with van der Waals surface area (Å²) in [6, 6.07) is 0. The molecule has 1 fully saturated rings. The fraction of sp³-hybridized carbons (Fsp3) is 0.857. The predicted octanol–water partition coefficient (Wildman–Crippen LogP) is 1.73. The lowest BCUT2D eigenvalue weighted by molar-refractivity contribution is -0.220. The molecule has 6 heteroatoms. The van der Waals surface area contributed by atoms with Crippen molar-refractivity contribution in [3.8, 4) is 0 Å². The maximum Gasteiger partial charge on any atom is 0.161 e. The number of ether oxygens (including phenoxy) is 1. The molecule has 0 aromatic rings. The highest BCUT2D eigenvalue weighted by Gasteiger charge is 2.47. The Morgan fingerprint density at radius 1 is 1.00 bits per heavy atom. The van der Waals surface area contributed by atoms with Crippen LogP contribution in [0.1, 0.15) is 65.2 Å². The molecule has 7 atom stereocenters. The Bertz CT molecular complexity index is 503. The van der Waals surface area contributed by atoms with E-state index in [0.29, 0.717) is 17.9 Å². The van der Waals surface area contributed by atoms with Gasteiger partial charge in [0.25, 0.3) is 0 Å². The summed E-state index contributed by atoms with van der Waals surface area (Å²) in [5, 5.41) is 39.8. The molecule has 0 aromatic carbocycles. The highest BCUT2D eigenvalue weighted by atomic mass is 16.5. The van der Waals surface area contributed by atoms with Crippen molar-refractivity contribution in [1.82, 2.24) is 0 Å². The molecule has 0 aromatic heterocycles. The lowest BCUT2D eigenvalue weighted by atomic mass is 9.73. The van der Waals surface area contributed by atoms with Crippen molar-refractivity contribution in [1.29, 1.82) is 0 Å². The van der Waals surface area contributed by atoms with Gasteiger partial charge in [-0.3, -0.25) is 4.79 Å². The second-order valence-corrected chi connectivity index (χ2v) is 8.06. The summed E-state index contributed by atoms with van der Waals surface area (Å²) in [6.45, 7) is 3.82. The SMILES string of the molecule is CCCCCC1CC(=O)C([C@@H]2O[C@H](CO)[C@H](O)[C@H](O)[C@@H]2O)=CC1CCCC. The lowest BCUT2D eigenvalue weighted by Crippen LogP contribution is -2.59. The average Bonchev–Trinajstić information content (AvgIpc) is 2.66. The molecule has 0 bridgehead atoms. The van der Waals surface area contributed by atoms with Crippen molar-refractivity contribution in [2.24, 2.45) is 11.8 Å². The van der Waals surface area contributed by atoms with E-state index >= 15 is 0 Å². The zero-order valence-corrected chi connectivity index (χ0v) is 16.6. The van der Waals surface area contributed by atoms with Crippen LogP contribution >= 0.6 is 0 Å². The van der Waals surface area contributed by atoms with Crippen LogP contribution in [0.5, 0.6) is 0 Å². The zero-order chi connectivity index (χ0) is 20.0. The number of aliphatic hydroxyl groups is 4. The van der Waals surface area contributed by atoms with Crippen LogP contribution in [0.15, 0.2) is 11.6 Å². The summed E-state index contributed by atoms with van der Waals surface area (Å²) >= 11 is 0. The topological polar surface area (TPSA) is 107 Å². The van der Waals surface area contributed by atoms with Crippen LogP contribution in [-0.4, -0.2) is 63.3 Å². The molecule has 4 N–H and O–H groups in total. The van der Waals surface area contributed by atoms with E-state index in [1.165, 1.54) is 0 Å². The van der Waals surface area contributed by atoms with E-state index in [9.17, 15) is 25.2 Å². The quantitative estimate of drug-likeness (QED) is 0.451. The first-order valence-electron chi connectivity index (χ1n) is 10.5. The number of unbranched alkanes of at least 4 members (excludes halogenated alkanes) is 3. The Morgan fingerprint density at radius 3 is 2.33 bits per heavy atom. The smallest absolute Gasteiger partial charge is 0.161 e. The van der Waals surface area contributed by atoms with Crippen molar-refractivity contribution in [2.45, 2.75) is 95.7 Å². The molecule has 1 aliphatic carbocycles. The van der Waals surface area contributed by atoms with Gasteiger partial charge >= 0.3 is 0 Å². The number of allylic oxidation sites excluding steroid dienone is 1. The van der Waals surface area contributed by atoms with Gasteiger partial charge in [0.1, 0.15) is 30.5 Å². The Hall–Kier alpha value is -0.790. The Labute approximate surface area is 162 Å². The van der Waals surface area contributed by atoms with E-state index in [4.69, 9.17) is 4.74 Å². The summed E-state index contributed by atoms with van der Waals surface area (Å²) < 4.78 is 5.63. The van der Waals surface area contributed by atoms with Gasteiger partial charge in [0.15, 0.2) is 5.78 Å². The number of hydrogen-bond acceptors (Lipinski definition) is 6. The molecule has 2 rings (SSSR count). The minimum atomic E-state index is -1.45. The highest BCUT2D eigenvalue weighted by molar-refractivity contribution is 5.97. The second kappa shape index (κ2) is 10.7. The van der Waals surface area contributed by atoms with Gasteiger partial charge in [-0.15, -0.1) is 0 Å². The van der Waals surface area contributed by atoms with Crippen LogP contribution in [0, 0.1) is 11.8 Å². The van der Waals surface area contributed by atoms with Gasteiger partial charge in [0, 0.05) is 12.0 Å². The molecule has 0 amide bonds. The number of carbonyl (C=O) groups excluding carboxylic acids is 1. The van der Waals surface area contributed by atoms with Crippen LogP contribution in [0.3, 0.4) is 0 Å². The van der Waals surface area contributed by atoms with Crippen LogP contribution in [0.4, 0.5) is 0 Å². The van der Waals surface area contributed by atoms with E-state index in [1.54, 1.807) is 0 Å². The molecule has 6 nitrogen and oxygen atoms in total. The van der Waals surface area contributed by atoms with E-state index in [2.05, 4.69) is 13.8 Å². The van der Waals surface area contributed by atoms with Crippen molar-refractivity contribution in [2.75, 3.05) is 6.61 Å². The lowest BCUT2D eigenvalue weighted by Gasteiger charge is -2.42. The monoisotopic (exact) mass is 384 g/mol. The van der Waals surface area contributed by atoms with Gasteiger partial charge in [-0.2, -0.15) is 0 Å². The molecule has 1 saturated heterocycles. The van der Waals surface area contributed by atoms with Gasteiger partial charge in [0.05, 0.1) is 6.61 Å². The molecule has 0 spiro atoms. The third kappa shape index (κ3) is 5.39. The van der Waals surface area contributed by atoms with E-state index in [-0.39, 0.29) is 11.7 Å². The fourth-order valence-corrected chi connectivity index (χ4v) is 4.31. The van der Waals surface area contributed by atoms with Crippen molar-refractivity contribution < 1.29 is 30.0 Å². The van der Waals surface area contributed by atoms with Gasteiger partial charge in [0.2, 0.25) is 0 Å². The average molecular weight is 385 g/mol. The predicted molar refractivity (Wildman–Crippen MR) is 102 cm³/mol. The number of Topliss-reactive ketones (excluding diaryl/α,β-unsaturated/α-hetero) is 1. The standard InChI is InChI=1S/C21H36O6/c1-3-5-7-9-14-11-16(23)15(10-13(14)8-6-4-2)21-20(26)19(25)18(24)17(12-22)27-21/h10,13-14,17-22,24-26H,3-9,11-12H2,1-2H3/t13?,14?,17-,18+,19+,20+,21+/m1/s1. The molecule has 1 heterocycles. The Morgan fingerprint density at radius 2 is 1.70 bits per heavy atom. The molecular weight excluding hydrogens is 348 g/mol. The molecule has 27 heavy (non-hydrogen) atoms. The molecule has 0 saturated carbocycles. The van der Waals surface area contributed by atoms with Crippen LogP contribution in [0.25, 0.3) is 0 Å². The van der Waals surface area contributed by atoms with Crippen LogP contribution in [-0.2, 0) is 9.53 Å². The highest BCUT2D eigenvalue weighted by Crippen LogP contribution is 2.37. The first-order chi connectivity index (χ1) is 12.9. The number of aliphatic hydroxyl groups excluding tert-OH is 4. The van der Waals surface area contributed by atoms with Gasteiger partial charge in [-0.25, -0.2) is 0 Å². The number of hydrogen-bond donors (Lipinski definition) is 4. The summed E-state index contributed by atoms with van der Waals surface area (Å²) in [7, 11) is 0. The molecule has 2 unspecified atom stereocenters. The third-order valence-electron chi connectivity index (χ3n) is 6.04. The Kier molecular flexibility index (Phi) is 8.89. The molecule has 156 valence electrons. The van der Waals surface area contributed by atoms with Gasteiger partial charge in [-0.05, 0) is 24.7 Å². The van der Waals surface area contributed by atoms with Crippen molar-refractivity contribution in [3.05, 3.63) is 11.6 Å². The number of rotatable bonds is 9. The summed E-state index contributed by atoms with van der Waals surface area (Å²) in [5.41, 5.74) is 0.389. The number of ketones is 1. The first-order valence-corrected chi connectivity index (χ1v) is 10.5. The molecular formula is C21H36O6.